The van der Waals surface area contributed by atoms with Crippen molar-refractivity contribution in [2.75, 3.05) is 10.7 Å². The van der Waals surface area contributed by atoms with Crippen LogP contribution in [0.25, 0.3) is 5.69 Å². The lowest BCUT2D eigenvalue weighted by Crippen LogP contribution is -2.32. The first-order valence-corrected chi connectivity index (χ1v) is 10.7. The van der Waals surface area contributed by atoms with Gasteiger partial charge in [0.25, 0.3) is 0 Å². The molecule has 1 heterocycles. The largest absolute Gasteiger partial charge is 0.307 e. The topological polar surface area (TPSA) is 51.0 Å². The van der Waals surface area contributed by atoms with Crippen molar-refractivity contribution in [3.63, 3.8) is 0 Å². The Morgan fingerprint density at radius 3 is 2.43 bits per heavy atom. The molecular formula is C23H19ClN4OS. The molecule has 1 amide bonds. The molecule has 150 valence electrons. The summed E-state index contributed by atoms with van der Waals surface area (Å²) in [6.07, 6.45) is 1.62. The predicted molar refractivity (Wildman–Crippen MR) is 121 cm³/mol. The van der Waals surface area contributed by atoms with Crippen molar-refractivity contribution in [3.05, 3.63) is 102 Å². The molecule has 4 aromatic rings. The molecule has 0 fully saturated rings. The van der Waals surface area contributed by atoms with Crippen LogP contribution in [0, 0.1) is 0 Å². The first-order chi connectivity index (χ1) is 14.7. The second-order valence-electron chi connectivity index (χ2n) is 6.55. The lowest BCUT2D eigenvalue weighted by Gasteiger charge is -2.23. The van der Waals surface area contributed by atoms with Gasteiger partial charge in [0.1, 0.15) is 6.33 Å². The number of para-hydroxylation sites is 1. The Balaban J connectivity index is 1.52. The van der Waals surface area contributed by atoms with Crippen molar-refractivity contribution in [1.29, 1.82) is 0 Å². The summed E-state index contributed by atoms with van der Waals surface area (Å²) in [7, 11) is 0. The van der Waals surface area contributed by atoms with Gasteiger partial charge in [-0.2, -0.15) is 0 Å². The standard InChI is InChI=1S/C23H19ClN4OS/c24-19-10-7-13-21(14-19)28-17-25-26-23(28)30-16-22(29)27(20-11-5-2-6-12-20)15-18-8-3-1-4-9-18/h1-14,17H,15-16H2. The SMILES string of the molecule is O=C(CSc1nncn1-c1cccc(Cl)c1)N(Cc1ccccc1)c1ccccc1. The zero-order valence-electron chi connectivity index (χ0n) is 16.1. The number of benzene rings is 3. The number of halogens is 1. The zero-order chi connectivity index (χ0) is 20.8. The molecule has 0 aliphatic rings. The molecule has 0 unspecified atom stereocenters. The van der Waals surface area contributed by atoms with E-state index < -0.39 is 0 Å². The van der Waals surface area contributed by atoms with E-state index in [1.54, 1.807) is 11.2 Å². The maximum absolute atomic E-state index is 13.2. The molecule has 0 spiro atoms. The van der Waals surface area contributed by atoms with Crippen LogP contribution in [0.3, 0.4) is 0 Å². The molecule has 30 heavy (non-hydrogen) atoms. The van der Waals surface area contributed by atoms with Crippen LogP contribution < -0.4 is 4.90 Å². The van der Waals surface area contributed by atoms with Gasteiger partial charge in [-0.1, -0.05) is 78.0 Å². The van der Waals surface area contributed by atoms with E-state index >= 15 is 0 Å². The minimum absolute atomic E-state index is 0.00398. The minimum atomic E-state index is -0.00398. The number of hydrogen-bond acceptors (Lipinski definition) is 4. The fourth-order valence-electron chi connectivity index (χ4n) is 3.03. The van der Waals surface area contributed by atoms with E-state index in [1.165, 1.54) is 11.8 Å². The number of carbonyl (C=O) groups is 1. The molecule has 0 bridgehead atoms. The molecule has 0 aliphatic heterocycles. The zero-order valence-corrected chi connectivity index (χ0v) is 17.6. The summed E-state index contributed by atoms with van der Waals surface area (Å²) in [4.78, 5) is 15.0. The number of nitrogens with zero attached hydrogens (tertiary/aromatic N) is 4. The van der Waals surface area contributed by atoms with Gasteiger partial charge in [-0.15, -0.1) is 10.2 Å². The summed E-state index contributed by atoms with van der Waals surface area (Å²) in [6, 6.07) is 27.1. The van der Waals surface area contributed by atoms with E-state index in [0.29, 0.717) is 16.7 Å². The second kappa shape index (κ2) is 9.61. The minimum Gasteiger partial charge on any atom is -0.307 e. The van der Waals surface area contributed by atoms with Crippen LogP contribution in [-0.4, -0.2) is 26.4 Å². The van der Waals surface area contributed by atoms with Crippen LogP contribution >= 0.6 is 23.4 Å². The quantitative estimate of drug-likeness (QED) is 0.373. The van der Waals surface area contributed by atoms with Crippen LogP contribution in [0.5, 0.6) is 0 Å². The third-order valence-electron chi connectivity index (χ3n) is 4.48. The summed E-state index contributed by atoms with van der Waals surface area (Å²) >= 11 is 7.46. The summed E-state index contributed by atoms with van der Waals surface area (Å²) in [6.45, 7) is 0.505. The third-order valence-corrected chi connectivity index (χ3v) is 5.64. The number of carbonyl (C=O) groups excluding carboxylic acids is 1. The molecule has 0 radical (unpaired) electrons. The summed E-state index contributed by atoms with van der Waals surface area (Å²) in [5.41, 5.74) is 2.79. The van der Waals surface area contributed by atoms with Gasteiger partial charge in [-0.05, 0) is 35.9 Å². The van der Waals surface area contributed by atoms with Gasteiger partial charge in [0.15, 0.2) is 5.16 Å². The van der Waals surface area contributed by atoms with Crippen LogP contribution in [0.15, 0.2) is 96.4 Å². The van der Waals surface area contributed by atoms with E-state index in [9.17, 15) is 4.79 Å². The number of thioether (sulfide) groups is 1. The van der Waals surface area contributed by atoms with Crippen molar-refractivity contribution in [3.8, 4) is 5.69 Å². The first-order valence-electron chi connectivity index (χ1n) is 9.39. The monoisotopic (exact) mass is 434 g/mol. The third kappa shape index (κ3) is 4.90. The first kappa shape index (κ1) is 20.2. The van der Waals surface area contributed by atoms with E-state index in [1.807, 2.05) is 89.5 Å². The van der Waals surface area contributed by atoms with Crippen molar-refractivity contribution < 1.29 is 4.79 Å². The number of hydrogen-bond donors (Lipinski definition) is 0. The molecule has 1 aromatic heterocycles. The highest BCUT2D eigenvalue weighted by Gasteiger charge is 2.18. The van der Waals surface area contributed by atoms with E-state index in [4.69, 9.17) is 11.6 Å². The van der Waals surface area contributed by atoms with Crippen LogP contribution in [0.2, 0.25) is 5.02 Å². The molecule has 3 aromatic carbocycles. The van der Waals surface area contributed by atoms with Gasteiger partial charge < -0.3 is 4.90 Å². The highest BCUT2D eigenvalue weighted by molar-refractivity contribution is 7.99. The van der Waals surface area contributed by atoms with E-state index in [2.05, 4.69) is 10.2 Å². The lowest BCUT2D eigenvalue weighted by molar-refractivity contribution is -0.116. The molecule has 0 aliphatic carbocycles. The van der Waals surface area contributed by atoms with Gasteiger partial charge >= 0.3 is 0 Å². The Morgan fingerprint density at radius 2 is 1.70 bits per heavy atom. The summed E-state index contributed by atoms with van der Waals surface area (Å²) in [5, 5.41) is 9.44. The number of rotatable bonds is 7. The Morgan fingerprint density at radius 1 is 0.967 bits per heavy atom. The highest BCUT2D eigenvalue weighted by Crippen LogP contribution is 2.24. The Hall–Kier alpha value is -3.09. The molecular weight excluding hydrogens is 416 g/mol. The lowest BCUT2D eigenvalue weighted by atomic mass is 10.2. The normalized spacial score (nSPS) is 10.7. The fourth-order valence-corrected chi connectivity index (χ4v) is 4.02. The van der Waals surface area contributed by atoms with Crippen molar-refractivity contribution in [2.45, 2.75) is 11.7 Å². The van der Waals surface area contributed by atoms with Crippen molar-refractivity contribution in [1.82, 2.24) is 14.8 Å². The molecule has 0 saturated heterocycles. The average Bonchev–Trinajstić information content (AvgIpc) is 3.26. The van der Waals surface area contributed by atoms with Crippen LogP contribution in [0.1, 0.15) is 5.56 Å². The van der Waals surface area contributed by atoms with Crippen molar-refractivity contribution in [2.24, 2.45) is 0 Å². The van der Waals surface area contributed by atoms with Gasteiger partial charge in [-0.25, -0.2) is 0 Å². The summed E-state index contributed by atoms with van der Waals surface area (Å²) in [5.74, 6) is 0.233. The Kier molecular flexibility index (Phi) is 6.47. The molecule has 0 saturated carbocycles. The summed E-state index contributed by atoms with van der Waals surface area (Å²) < 4.78 is 1.83. The highest BCUT2D eigenvalue weighted by atomic mass is 35.5. The molecule has 0 N–H and O–H groups in total. The van der Waals surface area contributed by atoms with Gasteiger partial charge in [0.05, 0.1) is 18.0 Å². The maximum Gasteiger partial charge on any atom is 0.237 e. The Labute approximate surface area is 184 Å². The number of amides is 1. The van der Waals surface area contributed by atoms with Crippen LogP contribution in [-0.2, 0) is 11.3 Å². The number of anilines is 1. The molecule has 5 nitrogen and oxygen atoms in total. The molecule has 7 heteroatoms. The van der Waals surface area contributed by atoms with Gasteiger partial charge in [0, 0.05) is 10.7 Å². The second-order valence-corrected chi connectivity index (χ2v) is 7.93. The molecule has 0 atom stereocenters. The van der Waals surface area contributed by atoms with E-state index in [0.717, 1.165) is 16.9 Å². The Bertz CT molecular complexity index is 1120. The van der Waals surface area contributed by atoms with Crippen molar-refractivity contribution >= 4 is 35.0 Å². The maximum atomic E-state index is 13.2. The fraction of sp³-hybridized carbons (Fsp3) is 0.0870. The van der Waals surface area contributed by atoms with Gasteiger partial charge in [0.2, 0.25) is 5.91 Å². The predicted octanol–water partition coefficient (Wildman–Crippen LogP) is 5.25. The van der Waals surface area contributed by atoms with E-state index in [-0.39, 0.29) is 11.7 Å². The average molecular weight is 435 g/mol. The smallest absolute Gasteiger partial charge is 0.237 e. The molecule has 4 rings (SSSR count). The van der Waals surface area contributed by atoms with Crippen LogP contribution in [0.4, 0.5) is 5.69 Å². The number of aromatic nitrogens is 3. The van der Waals surface area contributed by atoms with Gasteiger partial charge in [-0.3, -0.25) is 9.36 Å².